The van der Waals surface area contributed by atoms with Gasteiger partial charge in [-0.15, -0.1) is 35.3 Å². The molecule has 0 spiro atoms. The number of thiophene rings is 1. The lowest BCUT2D eigenvalue weighted by molar-refractivity contribution is 0.276. The molecule has 0 amide bonds. The van der Waals surface area contributed by atoms with Crippen LogP contribution in [0.25, 0.3) is 0 Å². The van der Waals surface area contributed by atoms with Gasteiger partial charge in [0.05, 0.1) is 5.00 Å². The zero-order valence-corrected chi connectivity index (χ0v) is 22.4. The first kappa shape index (κ1) is 25.3. The minimum Gasteiger partial charge on any atom is -0.363 e. The number of anilines is 1. The smallest absolute Gasteiger partial charge is 0.191 e. The van der Waals surface area contributed by atoms with Gasteiger partial charge < -0.3 is 15.5 Å². The molecule has 3 heterocycles. The molecule has 0 aliphatic carbocycles. The minimum atomic E-state index is 0. The predicted molar refractivity (Wildman–Crippen MR) is 148 cm³/mol. The highest BCUT2D eigenvalue weighted by Crippen LogP contribution is 2.24. The number of rotatable bonds is 6. The number of nitrogens with one attached hydrogen (secondary N) is 2. The highest BCUT2D eigenvalue weighted by molar-refractivity contribution is 14.0. The highest BCUT2D eigenvalue weighted by atomic mass is 127. The summed E-state index contributed by atoms with van der Waals surface area (Å²) in [5.74, 6) is 0.916. The number of hydrogen-bond acceptors (Lipinski definition) is 4. The first-order chi connectivity index (χ1) is 15.3. The van der Waals surface area contributed by atoms with Crippen LogP contribution in [0.4, 0.5) is 5.00 Å². The summed E-state index contributed by atoms with van der Waals surface area (Å²) in [5, 5.41) is 10.8. The molecule has 0 unspecified atom stereocenters. The normalized spacial score (nSPS) is 18.7. The van der Waals surface area contributed by atoms with E-state index in [1.165, 1.54) is 54.9 Å². The largest absolute Gasteiger partial charge is 0.363 e. The van der Waals surface area contributed by atoms with Crippen LogP contribution in [0.15, 0.2) is 46.8 Å². The fourth-order valence-corrected chi connectivity index (χ4v) is 5.47. The fourth-order valence-electron chi connectivity index (χ4n) is 4.68. The van der Waals surface area contributed by atoms with Gasteiger partial charge in [0.25, 0.3) is 0 Å². The molecule has 2 aliphatic rings. The van der Waals surface area contributed by atoms with Gasteiger partial charge in [0, 0.05) is 39.3 Å². The minimum absolute atomic E-state index is 0. The van der Waals surface area contributed by atoms with Gasteiger partial charge in [-0.05, 0) is 67.4 Å². The maximum atomic E-state index is 4.50. The molecule has 0 saturated carbocycles. The Morgan fingerprint density at radius 1 is 0.969 bits per heavy atom. The monoisotopic (exact) mass is 567 g/mol. The van der Waals surface area contributed by atoms with E-state index in [9.17, 15) is 0 Å². The van der Waals surface area contributed by atoms with E-state index in [0.29, 0.717) is 6.04 Å². The van der Waals surface area contributed by atoms with Gasteiger partial charge >= 0.3 is 0 Å². The molecule has 2 aromatic rings. The van der Waals surface area contributed by atoms with E-state index < -0.39 is 0 Å². The number of piperidine rings is 1. The van der Waals surface area contributed by atoms with Crippen LogP contribution in [-0.2, 0) is 13.1 Å². The molecule has 2 saturated heterocycles. The van der Waals surface area contributed by atoms with Gasteiger partial charge in [-0.1, -0.05) is 37.1 Å². The van der Waals surface area contributed by atoms with Crippen LogP contribution in [0.5, 0.6) is 0 Å². The third-order valence-corrected chi connectivity index (χ3v) is 7.46. The molecule has 2 aliphatic heterocycles. The molecule has 32 heavy (non-hydrogen) atoms. The molecule has 0 atom stereocenters. The highest BCUT2D eigenvalue weighted by Gasteiger charge is 2.21. The number of hydrogen-bond donors (Lipinski definition) is 2. The van der Waals surface area contributed by atoms with Crippen LogP contribution in [0.2, 0.25) is 0 Å². The quantitative estimate of drug-likeness (QED) is 0.291. The lowest BCUT2D eigenvalue weighted by atomic mass is 10.1. The van der Waals surface area contributed by atoms with Crippen molar-refractivity contribution in [2.75, 3.05) is 38.1 Å². The Hall–Kier alpha value is -1.32. The van der Waals surface area contributed by atoms with Crippen LogP contribution in [0.1, 0.15) is 49.7 Å². The number of likely N-dealkylation sites (tertiary alicyclic amines) is 1. The van der Waals surface area contributed by atoms with Crippen LogP contribution in [0, 0.1) is 0 Å². The summed E-state index contributed by atoms with van der Waals surface area (Å²) in [5.41, 5.74) is 2.82. The van der Waals surface area contributed by atoms with Crippen molar-refractivity contribution in [1.29, 1.82) is 0 Å². The van der Waals surface area contributed by atoms with Gasteiger partial charge in [0.15, 0.2) is 5.96 Å². The summed E-state index contributed by atoms with van der Waals surface area (Å²) in [6.45, 7) is 6.55. The average molecular weight is 568 g/mol. The molecule has 5 nitrogen and oxygen atoms in total. The van der Waals surface area contributed by atoms with Crippen LogP contribution in [0.3, 0.4) is 0 Å². The first-order valence-electron chi connectivity index (χ1n) is 11.9. The third-order valence-electron chi connectivity index (χ3n) is 6.53. The van der Waals surface area contributed by atoms with Crippen molar-refractivity contribution in [2.24, 2.45) is 4.99 Å². The molecule has 1 aromatic heterocycles. The zero-order valence-electron chi connectivity index (χ0n) is 19.3. The molecule has 2 N–H and O–H groups in total. The summed E-state index contributed by atoms with van der Waals surface area (Å²) < 4.78 is 0. The summed E-state index contributed by atoms with van der Waals surface area (Å²) >= 11 is 1.84. The Labute approximate surface area is 214 Å². The van der Waals surface area contributed by atoms with Gasteiger partial charge in [0.2, 0.25) is 0 Å². The number of aliphatic imine (C=N–C) groups is 1. The number of nitrogens with zero attached hydrogens (tertiary/aromatic N) is 3. The first-order valence-corrected chi connectivity index (χ1v) is 12.7. The second-order valence-electron chi connectivity index (χ2n) is 8.74. The maximum absolute atomic E-state index is 4.50. The van der Waals surface area contributed by atoms with Crippen molar-refractivity contribution < 1.29 is 0 Å². The average Bonchev–Trinajstić information content (AvgIpc) is 3.23. The van der Waals surface area contributed by atoms with E-state index in [-0.39, 0.29) is 24.0 Å². The topological polar surface area (TPSA) is 42.9 Å². The second kappa shape index (κ2) is 13.4. The van der Waals surface area contributed by atoms with Crippen molar-refractivity contribution in [3.05, 3.63) is 52.9 Å². The lowest BCUT2D eigenvalue weighted by Crippen LogP contribution is -2.48. The second-order valence-corrected chi connectivity index (χ2v) is 9.67. The van der Waals surface area contributed by atoms with E-state index in [1.54, 1.807) is 0 Å². The Balaban J connectivity index is 0.00000289. The Morgan fingerprint density at radius 3 is 2.34 bits per heavy atom. The van der Waals surface area contributed by atoms with E-state index in [1.807, 2.05) is 18.4 Å². The van der Waals surface area contributed by atoms with Crippen LogP contribution < -0.4 is 15.5 Å². The summed E-state index contributed by atoms with van der Waals surface area (Å²) in [6, 6.07) is 13.7. The number of guanidine groups is 1. The zero-order chi connectivity index (χ0) is 21.3. The van der Waals surface area contributed by atoms with E-state index in [4.69, 9.17) is 0 Å². The molecule has 1 aromatic carbocycles. The summed E-state index contributed by atoms with van der Waals surface area (Å²) in [7, 11) is 1.87. The summed E-state index contributed by atoms with van der Waals surface area (Å²) in [6.07, 6.45) is 7.72. The van der Waals surface area contributed by atoms with Crippen LogP contribution in [-0.4, -0.2) is 50.1 Å². The van der Waals surface area contributed by atoms with Crippen molar-refractivity contribution in [3.8, 4) is 0 Å². The molecule has 7 heteroatoms. The van der Waals surface area contributed by atoms with E-state index in [0.717, 1.165) is 45.0 Å². The Kier molecular flexibility index (Phi) is 10.6. The van der Waals surface area contributed by atoms with Crippen LogP contribution >= 0.6 is 35.3 Å². The van der Waals surface area contributed by atoms with Gasteiger partial charge in [-0.25, -0.2) is 0 Å². The Bertz CT molecular complexity index is 809. The molecule has 2 fully saturated rings. The molecular weight excluding hydrogens is 529 g/mol. The molecule has 4 rings (SSSR count). The maximum Gasteiger partial charge on any atom is 0.191 e. The number of halogens is 1. The lowest BCUT2D eigenvalue weighted by Gasteiger charge is -2.33. The van der Waals surface area contributed by atoms with Gasteiger partial charge in [-0.2, -0.15) is 0 Å². The van der Waals surface area contributed by atoms with Crippen molar-refractivity contribution >= 4 is 46.3 Å². The predicted octanol–water partition coefficient (Wildman–Crippen LogP) is 5.08. The van der Waals surface area contributed by atoms with E-state index >= 15 is 0 Å². The molecule has 0 radical (unpaired) electrons. The van der Waals surface area contributed by atoms with Crippen molar-refractivity contribution in [1.82, 2.24) is 15.5 Å². The van der Waals surface area contributed by atoms with Gasteiger partial charge in [0.1, 0.15) is 0 Å². The van der Waals surface area contributed by atoms with E-state index in [2.05, 4.69) is 67.2 Å². The molecule has 176 valence electrons. The fraction of sp³-hybridized carbons (Fsp3) is 0.560. The standard InChI is InChI=1S/C25H37N5S.HI/c1-26-25(28-23-12-16-30(17-13-23)24-11-8-18-31-24)27-19-21-9-4-5-10-22(21)20-29-14-6-2-3-7-15-29;/h4-5,8-11,18,23H,2-3,6-7,12-17,19-20H2,1H3,(H2,26,27,28);1H. The molecular formula is C25H38IN5S. The third kappa shape index (κ3) is 7.35. The number of benzene rings is 1. The van der Waals surface area contributed by atoms with Gasteiger partial charge in [-0.3, -0.25) is 9.89 Å². The SMILES string of the molecule is CN=C(NCc1ccccc1CN1CCCCCC1)NC1CCN(c2cccs2)CC1.I. The Morgan fingerprint density at radius 2 is 1.69 bits per heavy atom. The summed E-state index contributed by atoms with van der Waals surface area (Å²) in [4.78, 5) is 9.62. The molecule has 0 bridgehead atoms. The van der Waals surface area contributed by atoms with Crippen molar-refractivity contribution in [3.63, 3.8) is 0 Å². The van der Waals surface area contributed by atoms with Crippen molar-refractivity contribution in [2.45, 2.75) is 57.7 Å².